The molecule has 1 N–H and O–H groups in total. The minimum Gasteiger partial charge on any atom is -0.372 e. The molecule has 0 radical (unpaired) electrons. The van der Waals surface area contributed by atoms with Crippen LogP contribution in [-0.4, -0.2) is 30.5 Å². The van der Waals surface area contributed by atoms with E-state index in [0.717, 1.165) is 42.8 Å². The summed E-state index contributed by atoms with van der Waals surface area (Å²) in [7, 11) is 0. The Morgan fingerprint density at radius 3 is 2.33 bits per heavy atom. The molecule has 5 heteroatoms. The van der Waals surface area contributed by atoms with Crippen LogP contribution in [0.3, 0.4) is 0 Å². The van der Waals surface area contributed by atoms with E-state index in [4.69, 9.17) is 4.99 Å². The number of carbonyl (C=O) groups is 2. The number of aliphatic imine (C=N–C) groups is 1. The van der Waals surface area contributed by atoms with Gasteiger partial charge in [-0.25, -0.2) is 4.99 Å². The average Bonchev–Trinajstić information content (AvgIpc) is 2.60. The van der Waals surface area contributed by atoms with E-state index in [1.54, 1.807) is 6.08 Å². The molecule has 0 atom stereocenters. The fourth-order valence-corrected chi connectivity index (χ4v) is 3.08. The number of benzene rings is 1. The zero-order valence-electron chi connectivity index (χ0n) is 16.9. The maximum absolute atomic E-state index is 12.0. The normalized spacial score (nSPS) is 15.4. The van der Waals surface area contributed by atoms with Gasteiger partial charge in [-0.3, -0.25) is 9.59 Å². The third kappa shape index (κ3) is 5.39. The molecule has 0 heterocycles. The number of nitrogens with zero attached hydrogens (tertiary/aromatic N) is 2. The lowest BCUT2D eigenvalue weighted by molar-refractivity contribution is -0.120. The van der Waals surface area contributed by atoms with Gasteiger partial charge in [0, 0.05) is 25.7 Å². The molecule has 0 bridgehead atoms. The molecule has 1 aliphatic rings. The molecule has 144 valence electrons. The quantitative estimate of drug-likeness (QED) is 0.733. The van der Waals surface area contributed by atoms with Gasteiger partial charge < -0.3 is 10.2 Å². The summed E-state index contributed by atoms with van der Waals surface area (Å²) in [6.07, 6.45) is 5.38. The predicted octanol–water partition coefficient (Wildman–Crippen LogP) is 4.24. The van der Waals surface area contributed by atoms with Gasteiger partial charge in [-0.2, -0.15) is 0 Å². The first-order chi connectivity index (χ1) is 12.8. The molecule has 0 unspecified atom stereocenters. The Morgan fingerprint density at radius 1 is 1.11 bits per heavy atom. The summed E-state index contributed by atoms with van der Waals surface area (Å²) in [6, 6.07) is 6.28. The van der Waals surface area contributed by atoms with Crippen LogP contribution in [-0.2, 0) is 9.59 Å². The highest BCUT2D eigenvalue weighted by Crippen LogP contribution is 2.27. The van der Waals surface area contributed by atoms with Gasteiger partial charge in [-0.1, -0.05) is 13.8 Å². The summed E-state index contributed by atoms with van der Waals surface area (Å²) in [5.74, 6) is -0.474. The van der Waals surface area contributed by atoms with Crippen LogP contribution in [0.25, 0.3) is 0 Å². The molecular formula is C22H29N3O2. The minimum atomic E-state index is -0.269. The summed E-state index contributed by atoms with van der Waals surface area (Å²) >= 11 is 0. The van der Waals surface area contributed by atoms with Crippen molar-refractivity contribution in [1.82, 2.24) is 5.32 Å². The first-order valence-electron chi connectivity index (χ1n) is 9.52. The first kappa shape index (κ1) is 20.6. The highest BCUT2D eigenvalue weighted by molar-refractivity contribution is 6.22. The molecule has 1 aliphatic carbocycles. The topological polar surface area (TPSA) is 61.8 Å². The van der Waals surface area contributed by atoms with Crippen molar-refractivity contribution < 1.29 is 9.59 Å². The smallest absolute Gasteiger partial charge is 0.221 e. The van der Waals surface area contributed by atoms with Gasteiger partial charge in [0.2, 0.25) is 11.7 Å². The van der Waals surface area contributed by atoms with E-state index in [1.165, 1.54) is 18.7 Å². The standard InChI is InChI=1S/C22H29N3O2/c1-6-10-25(11-7-2)18-8-9-19(15(3)12-18)24-20-14-21(23-17(5)26)22(27)13-16(20)4/h8-9,12-14H,6-7,10-11H2,1-5H3,(H,23,26). The van der Waals surface area contributed by atoms with Crippen LogP contribution in [0.15, 0.2) is 46.6 Å². The monoisotopic (exact) mass is 367 g/mol. The molecular weight excluding hydrogens is 338 g/mol. The van der Waals surface area contributed by atoms with Crippen LogP contribution in [0.2, 0.25) is 0 Å². The third-order valence-electron chi connectivity index (χ3n) is 4.38. The Balaban J connectivity index is 2.34. The summed E-state index contributed by atoms with van der Waals surface area (Å²) < 4.78 is 0. The summed E-state index contributed by atoms with van der Waals surface area (Å²) in [5.41, 5.74) is 4.89. The highest BCUT2D eigenvalue weighted by atomic mass is 16.2. The molecule has 0 fully saturated rings. The van der Waals surface area contributed by atoms with Crippen molar-refractivity contribution in [2.24, 2.45) is 4.99 Å². The molecule has 0 aliphatic heterocycles. The van der Waals surface area contributed by atoms with E-state index in [9.17, 15) is 9.59 Å². The molecule has 0 saturated carbocycles. The van der Waals surface area contributed by atoms with Gasteiger partial charge in [0.05, 0.1) is 17.1 Å². The first-order valence-corrected chi connectivity index (χ1v) is 9.52. The maximum Gasteiger partial charge on any atom is 0.221 e. The summed E-state index contributed by atoms with van der Waals surface area (Å²) in [5, 5.41) is 2.58. The van der Waals surface area contributed by atoms with Gasteiger partial charge in [0.1, 0.15) is 0 Å². The van der Waals surface area contributed by atoms with Gasteiger partial charge in [-0.05, 0) is 68.2 Å². The zero-order valence-corrected chi connectivity index (χ0v) is 16.9. The van der Waals surface area contributed by atoms with Crippen molar-refractivity contribution in [3.8, 4) is 0 Å². The van der Waals surface area contributed by atoms with Crippen LogP contribution in [0.4, 0.5) is 11.4 Å². The molecule has 2 rings (SSSR count). The number of anilines is 1. The van der Waals surface area contributed by atoms with Crippen LogP contribution >= 0.6 is 0 Å². The van der Waals surface area contributed by atoms with E-state index in [0.29, 0.717) is 5.71 Å². The van der Waals surface area contributed by atoms with Crippen molar-refractivity contribution in [2.75, 3.05) is 18.0 Å². The molecule has 1 amide bonds. The number of nitrogens with one attached hydrogen (secondary N) is 1. The average molecular weight is 367 g/mol. The second-order valence-corrected chi connectivity index (χ2v) is 6.89. The molecule has 1 aromatic rings. The second-order valence-electron chi connectivity index (χ2n) is 6.89. The molecule has 0 aromatic heterocycles. The van der Waals surface area contributed by atoms with Crippen LogP contribution in [0, 0.1) is 6.92 Å². The van der Waals surface area contributed by atoms with Gasteiger partial charge in [0.15, 0.2) is 0 Å². The predicted molar refractivity (Wildman–Crippen MR) is 112 cm³/mol. The molecule has 0 spiro atoms. The lowest BCUT2D eigenvalue weighted by Gasteiger charge is -2.24. The lowest BCUT2D eigenvalue weighted by atomic mass is 10.0. The van der Waals surface area contributed by atoms with Crippen molar-refractivity contribution in [3.63, 3.8) is 0 Å². The lowest BCUT2D eigenvalue weighted by Crippen LogP contribution is -2.27. The van der Waals surface area contributed by atoms with E-state index in [1.807, 2.05) is 19.9 Å². The Bertz CT molecular complexity index is 813. The Morgan fingerprint density at radius 2 is 1.78 bits per heavy atom. The Kier molecular flexibility index (Phi) is 7.11. The van der Waals surface area contributed by atoms with Crippen LogP contribution < -0.4 is 10.2 Å². The maximum atomic E-state index is 12.0. The number of allylic oxidation sites excluding steroid dienone is 3. The number of aryl methyl sites for hydroxylation is 1. The van der Waals surface area contributed by atoms with Crippen molar-refractivity contribution >= 4 is 28.8 Å². The van der Waals surface area contributed by atoms with Gasteiger partial charge >= 0.3 is 0 Å². The van der Waals surface area contributed by atoms with E-state index >= 15 is 0 Å². The number of rotatable bonds is 7. The highest BCUT2D eigenvalue weighted by Gasteiger charge is 2.17. The Labute approximate surface area is 161 Å². The van der Waals surface area contributed by atoms with E-state index in [2.05, 4.69) is 36.2 Å². The molecule has 1 aromatic carbocycles. The van der Waals surface area contributed by atoms with Gasteiger partial charge in [0.25, 0.3) is 0 Å². The van der Waals surface area contributed by atoms with Crippen molar-refractivity contribution in [2.45, 2.75) is 47.5 Å². The number of hydrogen-bond acceptors (Lipinski definition) is 4. The third-order valence-corrected chi connectivity index (χ3v) is 4.38. The van der Waals surface area contributed by atoms with E-state index < -0.39 is 0 Å². The zero-order chi connectivity index (χ0) is 20.0. The number of carbonyl (C=O) groups excluding carboxylic acids is 2. The molecule has 5 nitrogen and oxygen atoms in total. The minimum absolute atomic E-state index is 0.205. The number of amides is 1. The molecule has 27 heavy (non-hydrogen) atoms. The van der Waals surface area contributed by atoms with Crippen LogP contribution in [0.1, 0.15) is 46.1 Å². The largest absolute Gasteiger partial charge is 0.372 e. The number of hydrogen-bond donors (Lipinski definition) is 1. The fourth-order valence-electron chi connectivity index (χ4n) is 3.08. The SMILES string of the molecule is CCCN(CCC)c1ccc(N=C2C=C(NC(C)=O)C(=O)C=C2C)c(C)c1. The van der Waals surface area contributed by atoms with Crippen molar-refractivity contribution in [1.29, 1.82) is 0 Å². The van der Waals surface area contributed by atoms with Crippen molar-refractivity contribution in [3.05, 3.63) is 47.2 Å². The molecule has 0 saturated heterocycles. The van der Waals surface area contributed by atoms with E-state index in [-0.39, 0.29) is 17.4 Å². The van der Waals surface area contributed by atoms with Crippen LogP contribution in [0.5, 0.6) is 0 Å². The number of ketones is 1. The summed E-state index contributed by atoms with van der Waals surface area (Å²) in [4.78, 5) is 30.4. The Hall–Kier alpha value is -2.69. The second kappa shape index (κ2) is 9.31. The summed E-state index contributed by atoms with van der Waals surface area (Å²) in [6.45, 7) is 11.7. The fraction of sp³-hybridized carbons (Fsp3) is 0.409. The van der Waals surface area contributed by atoms with Gasteiger partial charge in [-0.15, -0.1) is 0 Å².